The molecule has 0 saturated carbocycles. The topological polar surface area (TPSA) is 105 Å². The Morgan fingerprint density at radius 1 is 1.12 bits per heavy atom. The second-order valence-electron chi connectivity index (χ2n) is 9.65. The van der Waals surface area contributed by atoms with E-state index in [-0.39, 0.29) is 0 Å². The minimum absolute atomic E-state index is 0.453. The third-order valence-electron chi connectivity index (χ3n) is 4.82. The highest BCUT2D eigenvalue weighted by atomic mass is 32.1. The van der Waals surface area contributed by atoms with Gasteiger partial charge < -0.3 is 15.2 Å². The van der Waals surface area contributed by atoms with Gasteiger partial charge in [-0.05, 0) is 57.2 Å². The van der Waals surface area contributed by atoms with Crippen LogP contribution in [0.4, 0.5) is 4.79 Å². The molecule has 0 fully saturated rings. The normalized spacial score (nSPS) is 12.4. The third kappa shape index (κ3) is 6.66. The molecule has 4 aromatic rings. The average Bonchev–Trinajstić information content (AvgIpc) is 3.39. The number of amides is 1. The number of carbonyl (C=O) groups excluding carboxylic acids is 1. The van der Waals surface area contributed by atoms with E-state index in [1.54, 1.807) is 38.3 Å². The molecule has 2 N–H and O–H groups in total. The lowest BCUT2D eigenvalue weighted by atomic mass is 10.00. The number of nitrogens with zero attached hydrogens (tertiary/aromatic N) is 4. The number of primary amides is 1. The van der Waals surface area contributed by atoms with Crippen LogP contribution in [0.1, 0.15) is 48.0 Å². The number of rotatable bonds is 6. The first kappa shape index (κ1) is 25.4. The molecule has 4 rings (SSSR count). The Morgan fingerprint density at radius 2 is 1.88 bits per heavy atom. The van der Waals surface area contributed by atoms with Gasteiger partial charge in [0.1, 0.15) is 16.9 Å². The smallest absolute Gasteiger partial charge is 0.405 e. The highest BCUT2D eigenvalue weighted by Crippen LogP contribution is 2.36. The third-order valence-corrected chi connectivity index (χ3v) is 5.68. The van der Waals surface area contributed by atoms with Gasteiger partial charge in [0, 0.05) is 17.8 Å². The van der Waals surface area contributed by atoms with Crippen LogP contribution in [0.15, 0.2) is 42.2 Å². The molecular formula is C25H33N5O3S. The lowest BCUT2D eigenvalue weighted by Crippen LogP contribution is -2.27. The van der Waals surface area contributed by atoms with Crippen LogP contribution < -0.4 is 10.5 Å². The van der Waals surface area contributed by atoms with Crippen LogP contribution in [-0.2, 0) is 4.74 Å². The summed E-state index contributed by atoms with van der Waals surface area (Å²) in [6.07, 6.45) is 4.02. The van der Waals surface area contributed by atoms with Crippen molar-refractivity contribution in [3.05, 3.63) is 42.2 Å². The van der Waals surface area contributed by atoms with E-state index in [1.807, 2.05) is 34.4 Å². The Balaban J connectivity index is 0.000000350. The summed E-state index contributed by atoms with van der Waals surface area (Å²) in [6, 6.07) is 8.01. The fourth-order valence-corrected chi connectivity index (χ4v) is 4.52. The number of aromatic nitrogens is 4. The van der Waals surface area contributed by atoms with Crippen LogP contribution in [0.3, 0.4) is 0 Å². The van der Waals surface area contributed by atoms with Crippen molar-refractivity contribution < 1.29 is 14.3 Å². The zero-order valence-electron chi connectivity index (χ0n) is 20.6. The molecule has 182 valence electrons. The molecule has 0 aliphatic heterocycles. The largest absolute Gasteiger partial charge is 0.491 e. The highest BCUT2D eigenvalue weighted by molar-refractivity contribution is 7.17. The van der Waals surface area contributed by atoms with E-state index >= 15 is 0 Å². The van der Waals surface area contributed by atoms with E-state index in [4.69, 9.17) is 10.5 Å². The molecule has 9 heteroatoms. The van der Waals surface area contributed by atoms with Gasteiger partial charge in [-0.3, -0.25) is 0 Å². The van der Waals surface area contributed by atoms with E-state index in [1.165, 1.54) is 0 Å². The molecule has 0 aliphatic rings. The summed E-state index contributed by atoms with van der Waals surface area (Å²) >= 11 is 1.63. The molecule has 1 amide bonds. The number of carbonyl (C=O) groups is 1. The molecule has 0 saturated heterocycles. The standard InChI is InChI=1S/C20H22N4OS.C5H11NO2/c1-13(2)10-14(3)11-25-17-5-4-15(20-19(17)22-12-26-20)16-6-8-21-18-7-9-23-24(16)18;1-5(2,3)8-4(6)7/h4-9,12-14H,10-11H2,1-3H3;1-3H3,(H2,6,7). The summed E-state index contributed by atoms with van der Waals surface area (Å²) in [5.74, 6) is 2.05. The van der Waals surface area contributed by atoms with Crippen LogP contribution in [0, 0.1) is 11.8 Å². The summed E-state index contributed by atoms with van der Waals surface area (Å²) in [6.45, 7) is 12.7. The second kappa shape index (κ2) is 10.8. The van der Waals surface area contributed by atoms with Crippen LogP contribution in [0.5, 0.6) is 5.75 Å². The average molecular weight is 484 g/mol. The Labute approximate surface area is 204 Å². The van der Waals surface area contributed by atoms with Gasteiger partial charge in [0.05, 0.1) is 28.7 Å². The molecule has 0 radical (unpaired) electrons. The fourth-order valence-electron chi connectivity index (χ4n) is 3.69. The number of ether oxygens (including phenoxy) is 2. The van der Waals surface area contributed by atoms with Crippen molar-refractivity contribution in [2.45, 2.75) is 53.6 Å². The summed E-state index contributed by atoms with van der Waals surface area (Å²) in [5, 5.41) is 4.40. The van der Waals surface area contributed by atoms with Crippen molar-refractivity contribution in [2.75, 3.05) is 6.61 Å². The van der Waals surface area contributed by atoms with Gasteiger partial charge in [0.25, 0.3) is 0 Å². The SMILES string of the molecule is CC(C)(C)OC(N)=O.CC(C)CC(C)COc1ccc(-c2ccnc3ccnn23)c2scnc12. The molecule has 0 aliphatic carbocycles. The molecule has 0 bridgehead atoms. The lowest BCUT2D eigenvalue weighted by Gasteiger charge is -2.16. The summed E-state index contributed by atoms with van der Waals surface area (Å²) in [7, 11) is 0. The predicted molar refractivity (Wildman–Crippen MR) is 136 cm³/mol. The maximum Gasteiger partial charge on any atom is 0.405 e. The Bertz CT molecular complexity index is 1240. The summed E-state index contributed by atoms with van der Waals surface area (Å²) < 4.78 is 13.7. The van der Waals surface area contributed by atoms with Crippen molar-refractivity contribution in [2.24, 2.45) is 17.6 Å². The van der Waals surface area contributed by atoms with Crippen LogP contribution in [0.25, 0.3) is 27.1 Å². The monoisotopic (exact) mass is 483 g/mol. The zero-order chi connectivity index (χ0) is 24.9. The number of nitrogens with two attached hydrogens (primary N) is 1. The summed E-state index contributed by atoms with van der Waals surface area (Å²) in [4.78, 5) is 18.9. The molecular weight excluding hydrogens is 450 g/mol. The van der Waals surface area contributed by atoms with Gasteiger partial charge in [0.15, 0.2) is 5.65 Å². The number of hydrogen-bond acceptors (Lipinski definition) is 7. The first-order valence-electron chi connectivity index (χ1n) is 11.3. The maximum atomic E-state index is 10.0. The maximum absolute atomic E-state index is 10.0. The predicted octanol–water partition coefficient (Wildman–Crippen LogP) is 5.95. The quantitative estimate of drug-likeness (QED) is 0.363. The number of thiazole rings is 1. The van der Waals surface area contributed by atoms with Gasteiger partial charge in [-0.15, -0.1) is 11.3 Å². The molecule has 8 nitrogen and oxygen atoms in total. The molecule has 34 heavy (non-hydrogen) atoms. The van der Waals surface area contributed by atoms with Gasteiger partial charge in [-0.25, -0.2) is 19.3 Å². The minimum Gasteiger partial charge on any atom is -0.491 e. The number of hydrogen-bond donors (Lipinski definition) is 1. The van der Waals surface area contributed by atoms with Crippen LogP contribution >= 0.6 is 11.3 Å². The van der Waals surface area contributed by atoms with Crippen LogP contribution in [-0.4, -0.2) is 37.9 Å². The molecule has 3 heterocycles. The Kier molecular flexibility index (Phi) is 8.09. The van der Waals surface area contributed by atoms with Crippen molar-refractivity contribution in [1.82, 2.24) is 19.6 Å². The first-order valence-corrected chi connectivity index (χ1v) is 12.2. The highest BCUT2D eigenvalue weighted by Gasteiger charge is 2.15. The van der Waals surface area contributed by atoms with E-state index < -0.39 is 11.7 Å². The van der Waals surface area contributed by atoms with E-state index in [9.17, 15) is 4.79 Å². The molecule has 1 unspecified atom stereocenters. The van der Waals surface area contributed by atoms with Crippen molar-refractivity contribution >= 4 is 33.3 Å². The molecule has 1 atom stereocenters. The van der Waals surface area contributed by atoms with Gasteiger partial charge >= 0.3 is 6.09 Å². The molecule has 0 spiro atoms. The van der Waals surface area contributed by atoms with E-state index in [2.05, 4.69) is 46.6 Å². The first-order chi connectivity index (χ1) is 16.0. The van der Waals surface area contributed by atoms with E-state index in [0.29, 0.717) is 18.4 Å². The van der Waals surface area contributed by atoms with Gasteiger partial charge in [-0.1, -0.05) is 20.8 Å². The fraction of sp³-hybridized carbons (Fsp3) is 0.440. The van der Waals surface area contributed by atoms with E-state index in [0.717, 1.165) is 39.3 Å². The lowest BCUT2D eigenvalue weighted by molar-refractivity contribution is 0.0600. The number of benzene rings is 1. The molecule has 3 aromatic heterocycles. The Hall–Kier alpha value is -3.20. The second-order valence-corrected chi connectivity index (χ2v) is 10.5. The Morgan fingerprint density at radius 3 is 2.53 bits per heavy atom. The summed E-state index contributed by atoms with van der Waals surface area (Å²) in [5.41, 5.74) is 10.0. The minimum atomic E-state index is -0.725. The zero-order valence-corrected chi connectivity index (χ0v) is 21.4. The van der Waals surface area contributed by atoms with Crippen molar-refractivity contribution in [3.63, 3.8) is 0 Å². The van der Waals surface area contributed by atoms with Gasteiger partial charge in [-0.2, -0.15) is 5.10 Å². The van der Waals surface area contributed by atoms with Gasteiger partial charge in [0.2, 0.25) is 0 Å². The number of fused-ring (bicyclic) bond motifs is 2. The van der Waals surface area contributed by atoms with Crippen molar-refractivity contribution in [3.8, 4) is 17.0 Å². The van der Waals surface area contributed by atoms with Crippen LogP contribution in [0.2, 0.25) is 0 Å². The molecule has 1 aromatic carbocycles. The van der Waals surface area contributed by atoms with Crippen molar-refractivity contribution in [1.29, 1.82) is 0 Å².